The Hall–Kier alpha value is -2.78. The fourth-order valence-electron chi connectivity index (χ4n) is 3.02. The van der Waals surface area contributed by atoms with Gasteiger partial charge < -0.3 is 30.5 Å². The van der Waals surface area contributed by atoms with Gasteiger partial charge in [-0.3, -0.25) is 5.10 Å². The lowest BCUT2D eigenvalue weighted by Crippen LogP contribution is -2.42. The Balaban J connectivity index is 1.45. The van der Waals surface area contributed by atoms with Gasteiger partial charge in [-0.05, 0) is 30.2 Å². The molecule has 1 fully saturated rings. The lowest BCUT2D eigenvalue weighted by molar-refractivity contribution is 0.0191. The summed E-state index contributed by atoms with van der Waals surface area (Å²) in [6, 6.07) is 9.33. The average Bonchev–Trinajstić information content (AvgIpc) is 3.31. The fourth-order valence-corrected chi connectivity index (χ4v) is 3.02. The van der Waals surface area contributed by atoms with E-state index in [0.29, 0.717) is 31.9 Å². The molecule has 9 nitrogen and oxygen atoms in total. The highest BCUT2D eigenvalue weighted by atomic mass is 16.6. The van der Waals surface area contributed by atoms with Crippen molar-refractivity contribution in [3.8, 4) is 5.75 Å². The Morgan fingerprint density at radius 2 is 2.11 bits per heavy atom. The number of aliphatic hydroxyl groups is 1. The zero-order valence-electron chi connectivity index (χ0n) is 15.1. The minimum absolute atomic E-state index is 0.152. The summed E-state index contributed by atoms with van der Waals surface area (Å²) < 4.78 is 10.6. The van der Waals surface area contributed by atoms with Gasteiger partial charge in [0, 0.05) is 25.8 Å². The van der Waals surface area contributed by atoms with Gasteiger partial charge in [-0.2, -0.15) is 5.10 Å². The van der Waals surface area contributed by atoms with Crippen LogP contribution in [0.3, 0.4) is 0 Å². The third-order valence-electron chi connectivity index (χ3n) is 4.42. The molecular weight excluding hydrogens is 350 g/mol. The molecular formula is C18H25N5O4. The number of β-amino-alcohol motifs (C(OH)–C–C–N with tert-alkyl or cyclic N) is 1. The number of methoxy groups -OCH3 is 1. The van der Waals surface area contributed by atoms with Crippen LogP contribution in [0.1, 0.15) is 5.56 Å². The van der Waals surface area contributed by atoms with Gasteiger partial charge in [-0.25, -0.2) is 4.79 Å². The fraction of sp³-hybridized carbons (Fsp3) is 0.444. The van der Waals surface area contributed by atoms with E-state index in [0.717, 1.165) is 11.3 Å². The molecule has 3 atom stereocenters. The molecule has 0 radical (unpaired) electrons. The van der Waals surface area contributed by atoms with Crippen LogP contribution in [0.5, 0.6) is 5.75 Å². The van der Waals surface area contributed by atoms with Crippen LogP contribution >= 0.6 is 0 Å². The lowest BCUT2D eigenvalue weighted by Gasteiger charge is -2.22. The maximum Gasteiger partial charge on any atom is 0.407 e. The number of anilines is 1. The van der Waals surface area contributed by atoms with Crippen molar-refractivity contribution in [3.63, 3.8) is 0 Å². The van der Waals surface area contributed by atoms with Crippen LogP contribution in [0.4, 0.5) is 10.6 Å². The average molecular weight is 375 g/mol. The van der Waals surface area contributed by atoms with Crippen LogP contribution in [-0.4, -0.2) is 66.4 Å². The minimum Gasteiger partial charge on any atom is -0.497 e. The highest BCUT2D eigenvalue weighted by Gasteiger charge is 2.37. The molecule has 146 valence electrons. The summed E-state index contributed by atoms with van der Waals surface area (Å²) in [5.41, 5.74) is 1.07. The van der Waals surface area contributed by atoms with Gasteiger partial charge in [0.15, 0.2) is 0 Å². The number of aromatic nitrogens is 2. The maximum absolute atomic E-state index is 12.0. The molecule has 3 rings (SSSR count). The number of aromatic amines is 1. The SMILES string of the molecule is COc1ccc(C[C@H]2NC[C@H](O)[C@H]2OC(=O)NCCNc2cc[nH]n2)cc1. The van der Waals surface area contributed by atoms with Gasteiger partial charge in [-0.15, -0.1) is 0 Å². The normalized spacial score (nSPS) is 21.6. The molecule has 2 aromatic rings. The molecule has 27 heavy (non-hydrogen) atoms. The van der Waals surface area contributed by atoms with E-state index in [2.05, 4.69) is 26.1 Å². The summed E-state index contributed by atoms with van der Waals surface area (Å²) in [6.07, 6.45) is 0.458. The van der Waals surface area contributed by atoms with Gasteiger partial charge in [0.1, 0.15) is 23.8 Å². The van der Waals surface area contributed by atoms with Gasteiger partial charge >= 0.3 is 6.09 Å². The third-order valence-corrected chi connectivity index (χ3v) is 4.42. The molecule has 1 aromatic carbocycles. The Morgan fingerprint density at radius 3 is 2.81 bits per heavy atom. The van der Waals surface area contributed by atoms with Gasteiger partial charge in [0.2, 0.25) is 0 Å². The van der Waals surface area contributed by atoms with Crippen LogP contribution in [0, 0.1) is 0 Å². The van der Waals surface area contributed by atoms with E-state index in [1.54, 1.807) is 19.4 Å². The summed E-state index contributed by atoms with van der Waals surface area (Å²) in [6.45, 7) is 1.28. The number of ether oxygens (including phenoxy) is 2. The molecule has 1 amide bonds. The van der Waals surface area contributed by atoms with Crippen molar-refractivity contribution in [3.05, 3.63) is 42.1 Å². The largest absolute Gasteiger partial charge is 0.497 e. The van der Waals surface area contributed by atoms with Crippen molar-refractivity contribution in [2.24, 2.45) is 0 Å². The minimum atomic E-state index is -0.735. The number of alkyl carbamates (subject to hydrolysis) is 1. The van der Waals surface area contributed by atoms with Gasteiger partial charge in [0.25, 0.3) is 0 Å². The molecule has 0 spiro atoms. The third kappa shape index (κ3) is 5.35. The summed E-state index contributed by atoms with van der Waals surface area (Å²) in [7, 11) is 1.62. The first kappa shape index (κ1) is 19.0. The highest BCUT2D eigenvalue weighted by molar-refractivity contribution is 5.67. The molecule has 1 aromatic heterocycles. The van der Waals surface area contributed by atoms with Crippen molar-refractivity contribution >= 4 is 11.9 Å². The van der Waals surface area contributed by atoms with Crippen molar-refractivity contribution in [2.75, 3.05) is 32.1 Å². The number of hydrogen-bond acceptors (Lipinski definition) is 7. The number of carbonyl (C=O) groups is 1. The maximum atomic E-state index is 12.0. The Kier molecular flexibility index (Phi) is 6.50. The Labute approximate surface area is 157 Å². The van der Waals surface area contributed by atoms with Crippen molar-refractivity contribution in [2.45, 2.75) is 24.7 Å². The quantitative estimate of drug-likeness (QED) is 0.426. The van der Waals surface area contributed by atoms with Crippen molar-refractivity contribution in [1.82, 2.24) is 20.8 Å². The number of benzene rings is 1. The summed E-state index contributed by atoms with van der Waals surface area (Å²) in [5.74, 6) is 1.49. The smallest absolute Gasteiger partial charge is 0.407 e. The van der Waals surface area contributed by atoms with E-state index >= 15 is 0 Å². The first-order valence-corrected chi connectivity index (χ1v) is 8.88. The molecule has 1 aliphatic rings. The van der Waals surface area contributed by atoms with Crippen LogP contribution in [-0.2, 0) is 11.2 Å². The number of H-pyrrole nitrogens is 1. The number of hydrogen-bond donors (Lipinski definition) is 5. The molecule has 0 bridgehead atoms. The summed E-state index contributed by atoms with van der Waals surface area (Å²) in [4.78, 5) is 12.0. The van der Waals surface area contributed by atoms with Crippen molar-refractivity contribution < 1.29 is 19.4 Å². The van der Waals surface area contributed by atoms with Crippen LogP contribution in [0.25, 0.3) is 0 Å². The van der Waals surface area contributed by atoms with Crippen LogP contribution in [0.15, 0.2) is 36.5 Å². The predicted molar refractivity (Wildman–Crippen MR) is 99.8 cm³/mol. The number of aliphatic hydroxyl groups excluding tert-OH is 1. The molecule has 9 heteroatoms. The predicted octanol–water partition coefficient (Wildman–Crippen LogP) is 0.500. The van der Waals surface area contributed by atoms with E-state index in [4.69, 9.17) is 9.47 Å². The highest BCUT2D eigenvalue weighted by Crippen LogP contribution is 2.19. The molecule has 2 heterocycles. The van der Waals surface area contributed by atoms with E-state index in [1.165, 1.54) is 0 Å². The number of carbonyl (C=O) groups excluding carboxylic acids is 1. The van der Waals surface area contributed by atoms with Crippen LogP contribution < -0.4 is 20.7 Å². The van der Waals surface area contributed by atoms with E-state index in [-0.39, 0.29) is 6.04 Å². The zero-order chi connectivity index (χ0) is 19.1. The molecule has 1 saturated heterocycles. The van der Waals surface area contributed by atoms with E-state index in [9.17, 15) is 9.90 Å². The van der Waals surface area contributed by atoms with Gasteiger partial charge in [-0.1, -0.05) is 12.1 Å². The second kappa shape index (κ2) is 9.24. The molecule has 5 N–H and O–H groups in total. The number of nitrogens with zero attached hydrogens (tertiary/aromatic N) is 1. The number of nitrogens with one attached hydrogen (secondary N) is 4. The standard InChI is InChI=1S/C18H25N5O4/c1-26-13-4-2-12(3-5-13)10-14-17(15(24)11-21-14)27-18(25)20-9-8-19-16-6-7-22-23-16/h2-7,14-15,17,21,24H,8-11H2,1H3,(H,20,25)(H2,19,22,23)/t14-,15+,17+/m1/s1. The summed E-state index contributed by atoms with van der Waals surface area (Å²) >= 11 is 0. The summed E-state index contributed by atoms with van der Waals surface area (Å²) in [5, 5.41) is 25.7. The molecule has 1 aliphatic heterocycles. The molecule has 0 saturated carbocycles. The second-order valence-electron chi connectivity index (χ2n) is 6.32. The van der Waals surface area contributed by atoms with E-state index < -0.39 is 18.3 Å². The van der Waals surface area contributed by atoms with E-state index in [1.807, 2.05) is 24.3 Å². The van der Waals surface area contributed by atoms with Crippen LogP contribution in [0.2, 0.25) is 0 Å². The zero-order valence-corrected chi connectivity index (χ0v) is 15.1. The Bertz CT molecular complexity index is 707. The number of amides is 1. The topological polar surface area (TPSA) is 121 Å². The second-order valence-corrected chi connectivity index (χ2v) is 6.32. The monoisotopic (exact) mass is 375 g/mol. The first-order valence-electron chi connectivity index (χ1n) is 8.88. The molecule has 0 aliphatic carbocycles. The first-order chi connectivity index (χ1) is 13.2. The number of rotatable bonds is 8. The van der Waals surface area contributed by atoms with Gasteiger partial charge in [0.05, 0.1) is 13.2 Å². The Morgan fingerprint density at radius 1 is 1.30 bits per heavy atom. The lowest BCUT2D eigenvalue weighted by atomic mass is 10.0. The molecule has 0 unspecified atom stereocenters. The van der Waals surface area contributed by atoms with Crippen molar-refractivity contribution in [1.29, 1.82) is 0 Å².